The number of H-pyrrole nitrogens is 1. The number of aromatic amines is 1. The Morgan fingerprint density at radius 3 is 3.10 bits per heavy atom. The van der Waals surface area contributed by atoms with Crippen molar-refractivity contribution in [3.8, 4) is 11.6 Å². The summed E-state index contributed by atoms with van der Waals surface area (Å²) < 4.78 is 5.48. The van der Waals surface area contributed by atoms with E-state index >= 15 is 0 Å². The molecule has 2 N–H and O–H groups in total. The summed E-state index contributed by atoms with van der Waals surface area (Å²) in [6.45, 7) is 3.23. The normalized spacial score (nSPS) is 23.1. The van der Waals surface area contributed by atoms with E-state index in [-0.39, 0.29) is 0 Å². The highest BCUT2D eigenvalue weighted by atomic mass is 16.5. The molecule has 1 fully saturated rings. The van der Waals surface area contributed by atoms with Gasteiger partial charge in [0.15, 0.2) is 5.82 Å². The van der Waals surface area contributed by atoms with Crippen LogP contribution in [-0.4, -0.2) is 32.7 Å². The number of hydrogen-bond acceptors (Lipinski definition) is 5. The maximum Gasteiger partial charge on any atom is 0.238 e. The van der Waals surface area contributed by atoms with Gasteiger partial charge in [-0.15, -0.1) is 0 Å². The first-order valence-corrected chi connectivity index (χ1v) is 7.45. The monoisotopic (exact) mass is 275 g/mol. The Morgan fingerprint density at radius 1 is 1.40 bits per heavy atom. The van der Waals surface area contributed by atoms with Crippen LogP contribution in [0.25, 0.3) is 11.6 Å². The van der Waals surface area contributed by atoms with Crippen molar-refractivity contribution >= 4 is 0 Å². The highest BCUT2D eigenvalue weighted by Crippen LogP contribution is 2.32. The molecule has 1 aliphatic rings. The van der Waals surface area contributed by atoms with E-state index in [0.717, 1.165) is 25.3 Å². The highest BCUT2D eigenvalue weighted by molar-refractivity contribution is 5.40. The van der Waals surface area contributed by atoms with Gasteiger partial charge in [0, 0.05) is 18.4 Å². The number of nitrogens with zero attached hydrogens (tertiary/aromatic N) is 3. The van der Waals surface area contributed by atoms with Crippen molar-refractivity contribution in [2.75, 3.05) is 6.54 Å². The van der Waals surface area contributed by atoms with Crippen LogP contribution in [0.4, 0.5) is 0 Å². The van der Waals surface area contributed by atoms with Crippen molar-refractivity contribution in [1.82, 2.24) is 25.4 Å². The molecule has 0 aliphatic heterocycles. The van der Waals surface area contributed by atoms with Crippen molar-refractivity contribution in [1.29, 1.82) is 0 Å². The molecule has 6 heteroatoms. The zero-order valence-electron chi connectivity index (χ0n) is 11.8. The molecule has 0 amide bonds. The lowest BCUT2D eigenvalue weighted by Gasteiger charge is -2.29. The molecule has 20 heavy (non-hydrogen) atoms. The van der Waals surface area contributed by atoms with Gasteiger partial charge in [-0.2, -0.15) is 4.98 Å². The zero-order valence-corrected chi connectivity index (χ0v) is 11.8. The molecule has 6 nitrogen and oxygen atoms in total. The molecule has 0 spiro atoms. The van der Waals surface area contributed by atoms with Gasteiger partial charge in [-0.1, -0.05) is 24.9 Å². The van der Waals surface area contributed by atoms with Crippen LogP contribution in [0.15, 0.2) is 16.9 Å². The molecule has 2 atom stereocenters. The minimum Gasteiger partial charge on any atom is -0.342 e. The van der Waals surface area contributed by atoms with Crippen LogP contribution in [0.5, 0.6) is 0 Å². The first kappa shape index (κ1) is 13.3. The Kier molecular flexibility index (Phi) is 4.11. The second-order valence-corrected chi connectivity index (χ2v) is 5.35. The van der Waals surface area contributed by atoms with Gasteiger partial charge in [-0.3, -0.25) is 0 Å². The van der Waals surface area contributed by atoms with Gasteiger partial charge in [0.05, 0.1) is 5.92 Å². The summed E-state index contributed by atoms with van der Waals surface area (Å²) in [6.07, 6.45) is 9.40. The zero-order chi connectivity index (χ0) is 13.8. The van der Waals surface area contributed by atoms with Crippen molar-refractivity contribution in [2.45, 2.75) is 51.0 Å². The van der Waals surface area contributed by atoms with E-state index in [0.29, 0.717) is 23.6 Å². The van der Waals surface area contributed by atoms with Crippen LogP contribution in [-0.2, 0) is 0 Å². The molecule has 2 aromatic rings. The van der Waals surface area contributed by atoms with Crippen LogP contribution in [0, 0.1) is 0 Å². The third-order valence-corrected chi connectivity index (χ3v) is 3.89. The van der Waals surface area contributed by atoms with E-state index in [9.17, 15) is 0 Å². The van der Waals surface area contributed by atoms with Gasteiger partial charge in [0.1, 0.15) is 0 Å². The molecule has 0 radical (unpaired) electrons. The molecule has 1 saturated carbocycles. The van der Waals surface area contributed by atoms with E-state index in [1.165, 1.54) is 19.3 Å². The molecule has 2 unspecified atom stereocenters. The number of nitrogens with one attached hydrogen (secondary N) is 2. The molecule has 3 rings (SSSR count). The van der Waals surface area contributed by atoms with Crippen molar-refractivity contribution in [2.24, 2.45) is 0 Å². The van der Waals surface area contributed by atoms with Crippen LogP contribution in [0.1, 0.15) is 50.8 Å². The van der Waals surface area contributed by atoms with E-state index in [4.69, 9.17) is 4.52 Å². The summed E-state index contributed by atoms with van der Waals surface area (Å²) in [4.78, 5) is 11.7. The second kappa shape index (κ2) is 6.17. The number of aromatic nitrogens is 4. The van der Waals surface area contributed by atoms with Gasteiger partial charge in [-0.05, 0) is 25.8 Å². The first-order chi connectivity index (χ1) is 9.88. The summed E-state index contributed by atoms with van der Waals surface area (Å²) >= 11 is 0. The van der Waals surface area contributed by atoms with Crippen molar-refractivity contribution in [3.63, 3.8) is 0 Å². The van der Waals surface area contributed by atoms with Gasteiger partial charge in [0.25, 0.3) is 0 Å². The predicted octanol–water partition coefficient (Wildman–Crippen LogP) is 2.49. The summed E-state index contributed by atoms with van der Waals surface area (Å²) in [5.74, 6) is 2.27. The Hall–Kier alpha value is -1.69. The van der Waals surface area contributed by atoms with Gasteiger partial charge >= 0.3 is 0 Å². The fraction of sp³-hybridized carbons (Fsp3) is 0.643. The van der Waals surface area contributed by atoms with Crippen molar-refractivity contribution in [3.05, 3.63) is 18.3 Å². The topological polar surface area (TPSA) is 79.6 Å². The number of hydrogen-bond donors (Lipinski definition) is 2. The Balaban J connectivity index is 1.76. The second-order valence-electron chi connectivity index (χ2n) is 5.35. The van der Waals surface area contributed by atoms with Crippen LogP contribution in [0.3, 0.4) is 0 Å². The number of rotatable bonds is 5. The lowest BCUT2D eigenvalue weighted by molar-refractivity contribution is 0.263. The Labute approximate surface area is 118 Å². The average molecular weight is 275 g/mol. The predicted molar refractivity (Wildman–Crippen MR) is 75.2 cm³/mol. The van der Waals surface area contributed by atoms with E-state index in [1.54, 1.807) is 12.4 Å². The molecular formula is C14H21N5O. The largest absolute Gasteiger partial charge is 0.342 e. The lowest BCUT2D eigenvalue weighted by atomic mass is 9.84. The molecule has 0 bridgehead atoms. The summed E-state index contributed by atoms with van der Waals surface area (Å²) in [5.41, 5.74) is 0. The minimum atomic E-state index is 0.325. The van der Waals surface area contributed by atoms with Crippen LogP contribution >= 0.6 is 0 Å². The number of imidazole rings is 1. The first-order valence-electron chi connectivity index (χ1n) is 7.45. The Morgan fingerprint density at radius 2 is 2.30 bits per heavy atom. The summed E-state index contributed by atoms with van der Waals surface area (Å²) in [6, 6.07) is 0.452. The highest BCUT2D eigenvalue weighted by Gasteiger charge is 2.30. The maximum atomic E-state index is 5.48. The van der Waals surface area contributed by atoms with Gasteiger partial charge in [-0.25, -0.2) is 4.98 Å². The SMILES string of the molecule is CCCNC1CCCCC1c1nc(-c2ncc[nH]2)no1. The molecule has 108 valence electrons. The van der Waals surface area contributed by atoms with Crippen LogP contribution in [0.2, 0.25) is 0 Å². The smallest absolute Gasteiger partial charge is 0.238 e. The standard InChI is InChI=1S/C14H21N5O/c1-2-7-15-11-6-4-3-5-10(11)14-18-13(19-20-14)12-16-8-9-17-12/h8-11,15H,2-7H2,1H3,(H,16,17). The van der Waals surface area contributed by atoms with Gasteiger partial charge in [0.2, 0.25) is 11.7 Å². The molecule has 0 aromatic carbocycles. The van der Waals surface area contributed by atoms with Crippen LogP contribution < -0.4 is 5.32 Å². The summed E-state index contributed by atoms with van der Waals surface area (Å²) in [5, 5.41) is 7.65. The summed E-state index contributed by atoms with van der Waals surface area (Å²) in [7, 11) is 0. The third kappa shape index (κ3) is 2.75. The minimum absolute atomic E-state index is 0.325. The third-order valence-electron chi connectivity index (χ3n) is 3.89. The average Bonchev–Trinajstić information content (AvgIpc) is 3.15. The Bertz CT molecular complexity index is 521. The molecule has 1 aliphatic carbocycles. The van der Waals surface area contributed by atoms with E-state index in [1.807, 2.05) is 0 Å². The molecular weight excluding hydrogens is 254 g/mol. The fourth-order valence-electron chi connectivity index (χ4n) is 2.87. The molecule has 0 saturated heterocycles. The maximum absolute atomic E-state index is 5.48. The quantitative estimate of drug-likeness (QED) is 0.876. The van der Waals surface area contributed by atoms with Gasteiger partial charge < -0.3 is 14.8 Å². The van der Waals surface area contributed by atoms with E-state index < -0.39 is 0 Å². The molecule has 2 aromatic heterocycles. The lowest BCUT2D eigenvalue weighted by Crippen LogP contribution is -2.37. The molecule has 2 heterocycles. The fourth-order valence-corrected chi connectivity index (χ4v) is 2.87. The van der Waals surface area contributed by atoms with Crippen molar-refractivity contribution < 1.29 is 4.52 Å². The van der Waals surface area contributed by atoms with E-state index in [2.05, 4.69) is 32.3 Å².